The van der Waals surface area contributed by atoms with E-state index in [1.54, 1.807) is 31.4 Å². The smallest absolute Gasteiger partial charge is 0.135 e. The molecule has 3 heteroatoms. The van der Waals surface area contributed by atoms with Crippen LogP contribution in [0.3, 0.4) is 0 Å². The van der Waals surface area contributed by atoms with Crippen LogP contribution in [0.5, 0.6) is 11.5 Å². The maximum absolute atomic E-state index is 9.79. The molecule has 0 aliphatic carbocycles. The van der Waals surface area contributed by atoms with Crippen molar-refractivity contribution in [3.8, 4) is 22.6 Å². The maximum Gasteiger partial charge on any atom is 0.135 e. The van der Waals surface area contributed by atoms with Crippen LogP contribution in [0.4, 0.5) is 0 Å². The van der Waals surface area contributed by atoms with Crippen LogP contribution in [-0.4, -0.2) is 12.2 Å². The number of hydrogen-bond acceptors (Lipinski definition) is 2. The van der Waals surface area contributed by atoms with Crippen LogP contribution in [-0.2, 0) is 0 Å². The summed E-state index contributed by atoms with van der Waals surface area (Å²) < 4.78 is 5.20. The third-order valence-corrected chi connectivity index (χ3v) is 2.51. The highest BCUT2D eigenvalue weighted by molar-refractivity contribution is 6.30. The van der Waals surface area contributed by atoms with Crippen molar-refractivity contribution < 1.29 is 9.84 Å². The van der Waals surface area contributed by atoms with Gasteiger partial charge >= 0.3 is 0 Å². The molecule has 2 nitrogen and oxygen atoms in total. The Morgan fingerprint density at radius 2 is 2.12 bits per heavy atom. The van der Waals surface area contributed by atoms with Crippen LogP contribution in [0, 0.1) is 6.07 Å². The topological polar surface area (TPSA) is 29.5 Å². The van der Waals surface area contributed by atoms with Gasteiger partial charge in [-0.25, -0.2) is 0 Å². The maximum atomic E-state index is 9.79. The summed E-state index contributed by atoms with van der Waals surface area (Å²) in [5, 5.41) is 10.4. The molecule has 0 atom stereocenters. The molecule has 0 saturated carbocycles. The van der Waals surface area contributed by atoms with Gasteiger partial charge in [0.1, 0.15) is 11.5 Å². The van der Waals surface area contributed by atoms with Gasteiger partial charge in [-0.3, -0.25) is 0 Å². The number of halogens is 1. The number of hydrogen-bond donors (Lipinski definition) is 1. The molecule has 0 unspecified atom stereocenters. The Morgan fingerprint density at radius 1 is 1.31 bits per heavy atom. The normalized spacial score (nSPS) is 10.1. The second kappa shape index (κ2) is 4.45. The number of phenols is 1. The van der Waals surface area contributed by atoms with Crippen molar-refractivity contribution in [3.05, 3.63) is 47.5 Å². The van der Waals surface area contributed by atoms with Gasteiger partial charge in [0.25, 0.3) is 0 Å². The minimum Gasteiger partial charge on any atom is -0.507 e. The van der Waals surface area contributed by atoms with Crippen LogP contribution in [0.2, 0.25) is 5.02 Å². The molecule has 0 saturated heterocycles. The molecule has 16 heavy (non-hydrogen) atoms. The SMILES string of the molecule is COc1cc[c]c(O)c1-c1cccc(Cl)c1. The summed E-state index contributed by atoms with van der Waals surface area (Å²) in [5.74, 6) is 0.653. The molecular weight excluding hydrogens is 224 g/mol. The predicted octanol–water partition coefficient (Wildman–Crippen LogP) is 3.52. The fourth-order valence-electron chi connectivity index (χ4n) is 1.56. The lowest BCUT2D eigenvalue weighted by Gasteiger charge is -2.10. The van der Waals surface area contributed by atoms with Gasteiger partial charge in [0, 0.05) is 11.1 Å². The summed E-state index contributed by atoms with van der Waals surface area (Å²) in [6.07, 6.45) is 0. The first-order valence-electron chi connectivity index (χ1n) is 4.76. The van der Waals surface area contributed by atoms with Crippen LogP contribution in [0.15, 0.2) is 36.4 Å². The quantitative estimate of drug-likeness (QED) is 0.860. The lowest BCUT2D eigenvalue weighted by Crippen LogP contribution is -1.88. The van der Waals surface area contributed by atoms with E-state index in [4.69, 9.17) is 16.3 Å². The van der Waals surface area contributed by atoms with Gasteiger partial charge in [-0.05, 0) is 29.8 Å². The van der Waals surface area contributed by atoms with Crippen LogP contribution >= 0.6 is 11.6 Å². The third-order valence-electron chi connectivity index (χ3n) is 2.27. The zero-order valence-corrected chi connectivity index (χ0v) is 9.45. The molecule has 0 heterocycles. The van der Waals surface area contributed by atoms with E-state index in [9.17, 15) is 5.11 Å². The van der Waals surface area contributed by atoms with Gasteiger partial charge in [0.15, 0.2) is 0 Å². The lowest BCUT2D eigenvalue weighted by atomic mass is 10.0. The van der Waals surface area contributed by atoms with Crippen LogP contribution in [0.25, 0.3) is 11.1 Å². The molecule has 0 bridgehead atoms. The average molecular weight is 234 g/mol. The third kappa shape index (κ3) is 1.97. The first kappa shape index (κ1) is 10.8. The number of rotatable bonds is 2. The fourth-order valence-corrected chi connectivity index (χ4v) is 1.75. The Hall–Kier alpha value is -1.67. The van der Waals surface area contributed by atoms with Crippen molar-refractivity contribution in [1.82, 2.24) is 0 Å². The summed E-state index contributed by atoms with van der Waals surface area (Å²) >= 11 is 5.91. The highest BCUT2D eigenvalue weighted by Crippen LogP contribution is 2.37. The zero-order valence-electron chi connectivity index (χ0n) is 8.70. The van der Waals surface area contributed by atoms with Gasteiger partial charge in [-0.2, -0.15) is 0 Å². The molecular formula is C13H10ClO2. The summed E-state index contributed by atoms with van der Waals surface area (Å²) in [4.78, 5) is 0. The number of phenolic OH excluding ortho intramolecular Hbond substituents is 1. The van der Waals surface area contributed by atoms with E-state index in [1.807, 2.05) is 12.1 Å². The zero-order chi connectivity index (χ0) is 11.5. The molecule has 0 aliphatic rings. The second-order valence-electron chi connectivity index (χ2n) is 3.28. The first-order chi connectivity index (χ1) is 7.72. The number of benzene rings is 2. The number of aromatic hydroxyl groups is 1. The Bertz CT molecular complexity index is 509. The molecule has 0 fully saturated rings. The van der Waals surface area contributed by atoms with Gasteiger partial charge in [-0.15, -0.1) is 0 Å². The highest BCUT2D eigenvalue weighted by Gasteiger charge is 2.10. The van der Waals surface area contributed by atoms with E-state index in [-0.39, 0.29) is 5.75 Å². The van der Waals surface area contributed by atoms with E-state index in [1.165, 1.54) is 0 Å². The summed E-state index contributed by atoms with van der Waals surface area (Å²) in [6, 6.07) is 13.3. The van der Waals surface area contributed by atoms with E-state index in [2.05, 4.69) is 6.07 Å². The second-order valence-corrected chi connectivity index (χ2v) is 3.72. The van der Waals surface area contributed by atoms with Gasteiger partial charge in [0.2, 0.25) is 0 Å². The van der Waals surface area contributed by atoms with Crippen molar-refractivity contribution >= 4 is 11.6 Å². The van der Waals surface area contributed by atoms with E-state index >= 15 is 0 Å². The van der Waals surface area contributed by atoms with Gasteiger partial charge in [0.05, 0.1) is 12.7 Å². The molecule has 2 rings (SSSR count). The monoisotopic (exact) mass is 233 g/mol. The molecule has 0 aliphatic heterocycles. The predicted molar refractivity (Wildman–Crippen MR) is 63.9 cm³/mol. The molecule has 0 spiro atoms. The minimum absolute atomic E-state index is 0.0571. The van der Waals surface area contributed by atoms with Gasteiger partial charge in [-0.1, -0.05) is 23.7 Å². The van der Waals surface area contributed by atoms with Crippen molar-refractivity contribution in [2.75, 3.05) is 7.11 Å². The van der Waals surface area contributed by atoms with Crippen LogP contribution < -0.4 is 4.74 Å². The largest absolute Gasteiger partial charge is 0.507 e. The highest BCUT2D eigenvalue weighted by atomic mass is 35.5. The Kier molecular flexibility index (Phi) is 3.02. The van der Waals surface area contributed by atoms with Gasteiger partial charge < -0.3 is 9.84 Å². The molecule has 2 aromatic rings. The van der Waals surface area contributed by atoms with Crippen molar-refractivity contribution in [2.45, 2.75) is 0 Å². The molecule has 0 aromatic heterocycles. The Morgan fingerprint density at radius 3 is 2.81 bits per heavy atom. The fraction of sp³-hybridized carbons (Fsp3) is 0.0769. The van der Waals surface area contributed by atoms with E-state index in [0.29, 0.717) is 16.3 Å². The summed E-state index contributed by atoms with van der Waals surface area (Å²) in [6.45, 7) is 0. The summed E-state index contributed by atoms with van der Waals surface area (Å²) in [5.41, 5.74) is 1.41. The lowest BCUT2D eigenvalue weighted by molar-refractivity contribution is 0.410. The summed E-state index contributed by atoms with van der Waals surface area (Å²) in [7, 11) is 1.56. The standard InChI is InChI=1S/C13H10ClO2/c1-16-12-7-3-6-11(15)13(12)9-4-2-5-10(14)8-9/h2-5,7-8,15H,1H3. The Balaban J connectivity index is 2.63. The molecule has 0 amide bonds. The van der Waals surface area contributed by atoms with Crippen molar-refractivity contribution in [2.24, 2.45) is 0 Å². The Labute approximate surface area is 99.1 Å². The van der Waals surface area contributed by atoms with Crippen molar-refractivity contribution in [3.63, 3.8) is 0 Å². The van der Waals surface area contributed by atoms with E-state index < -0.39 is 0 Å². The number of ether oxygens (including phenoxy) is 1. The molecule has 81 valence electrons. The molecule has 1 radical (unpaired) electrons. The first-order valence-corrected chi connectivity index (χ1v) is 5.13. The van der Waals surface area contributed by atoms with Crippen LogP contribution in [0.1, 0.15) is 0 Å². The molecule has 1 N–H and O–H groups in total. The molecule has 2 aromatic carbocycles. The van der Waals surface area contributed by atoms with E-state index in [0.717, 1.165) is 5.56 Å². The van der Waals surface area contributed by atoms with Crippen molar-refractivity contribution in [1.29, 1.82) is 0 Å². The average Bonchev–Trinajstić information content (AvgIpc) is 2.28. The number of methoxy groups -OCH3 is 1. The minimum atomic E-state index is 0.0571.